The van der Waals surface area contributed by atoms with Crippen LogP contribution in [0.1, 0.15) is 30.6 Å². The molecule has 0 amide bonds. The van der Waals surface area contributed by atoms with Crippen molar-refractivity contribution in [2.45, 2.75) is 24.9 Å². The fraction of sp³-hybridized carbons (Fsp3) is 0.364. The van der Waals surface area contributed by atoms with Gasteiger partial charge in [0.25, 0.3) is 0 Å². The maximum absolute atomic E-state index is 10.8. The summed E-state index contributed by atoms with van der Waals surface area (Å²) in [5.41, 5.74) is 6.87. The average Bonchev–Trinajstić information content (AvgIpc) is 2.91. The summed E-state index contributed by atoms with van der Waals surface area (Å²) in [6.07, 6.45) is 5.88. The Labute approximate surface area is 107 Å². The molecule has 1 saturated carbocycles. The van der Waals surface area contributed by atoms with E-state index in [1.807, 2.05) is 0 Å². The van der Waals surface area contributed by atoms with E-state index < -0.39 is 12.0 Å². The second kappa shape index (κ2) is 4.18. The van der Waals surface area contributed by atoms with Crippen molar-refractivity contribution in [1.29, 1.82) is 0 Å². The average molecular weight is 264 g/mol. The minimum atomic E-state index is -1.07. The summed E-state index contributed by atoms with van der Waals surface area (Å²) >= 11 is 1.40. The maximum atomic E-state index is 10.8. The van der Waals surface area contributed by atoms with Gasteiger partial charge in [0.15, 0.2) is 0 Å². The summed E-state index contributed by atoms with van der Waals surface area (Å²) in [5, 5.41) is 11.3. The molecule has 2 aromatic rings. The Bertz CT molecular complexity index is 587. The lowest BCUT2D eigenvalue weighted by molar-refractivity contribution is -0.138. The monoisotopic (exact) mass is 264 g/mol. The summed E-state index contributed by atoms with van der Waals surface area (Å²) in [4.78, 5) is 19.2. The van der Waals surface area contributed by atoms with Gasteiger partial charge in [-0.3, -0.25) is 4.79 Å². The van der Waals surface area contributed by atoms with Crippen molar-refractivity contribution in [3.05, 3.63) is 23.6 Å². The van der Waals surface area contributed by atoms with Gasteiger partial charge in [0.2, 0.25) is 0 Å². The van der Waals surface area contributed by atoms with Crippen LogP contribution in [0.15, 0.2) is 17.9 Å². The largest absolute Gasteiger partial charge is 0.480 e. The molecule has 94 valence electrons. The number of nitrogens with two attached hydrogens (primary N) is 1. The summed E-state index contributed by atoms with van der Waals surface area (Å²) < 4.78 is 2.09. The molecule has 0 aromatic carbocycles. The molecule has 3 N–H and O–H groups in total. The summed E-state index contributed by atoms with van der Waals surface area (Å²) in [7, 11) is 0. The summed E-state index contributed by atoms with van der Waals surface area (Å²) in [5.74, 6) is -1.07. The lowest BCUT2D eigenvalue weighted by atomic mass is 10.2. The van der Waals surface area contributed by atoms with Crippen LogP contribution in [0, 0.1) is 0 Å². The minimum Gasteiger partial charge on any atom is -0.480 e. The molecule has 1 atom stereocenters. The Kier molecular flexibility index (Phi) is 2.64. The standard InChI is InChI=1S/C11H12N4O2S/c12-9(11(16)17)7-4-18-10(14-7)8-3-13-5-15(8)6-1-2-6/h3-6,9H,1-2,12H2,(H,16,17). The third-order valence-electron chi connectivity index (χ3n) is 2.93. The van der Waals surface area contributed by atoms with Gasteiger partial charge in [-0.15, -0.1) is 11.3 Å². The number of aromatic nitrogens is 3. The Balaban J connectivity index is 1.92. The molecule has 2 aromatic heterocycles. The van der Waals surface area contributed by atoms with Gasteiger partial charge in [-0.25, -0.2) is 9.97 Å². The van der Waals surface area contributed by atoms with E-state index in [1.165, 1.54) is 11.3 Å². The lowest BCUT2D eigenvalue weighted by Crippen LogP contribution is -2.20. The first-order valence-corrected chi connectivity index (χ1v) is 6.51. The number of imidazole rings is 1. The van der Waals surface area contributed by atoms with E-state index in [0.29, 0.717) is 11.7 Å². The summed E-state index contributed by atoms with van der Waals surface area (Å²) in [6.45, 7) is 0. The predicted molar refractivity (Wildman–Crippen MR) is 66.2 cm³/mol. The molecule has 1 unspecified atom stereocenters. The van der Waals surface area contributed by atoms with Crippen LogP contribution < -0.4 is 5.73 Å². The molecule has 1 aliphatic carbocycles. The highest BCUT2D eigenvalue weighted by Gasteiger charge is 2.27. The van der Waals surface area contributed by atoms with Crippen molar-refractivity contribution < 1.29 is 9.90 Å². The topological polar surface area (TPSA) is 94.0 Å². The second-order valence-corrected chi connectivity index (χ2v) is 5.17. The zero-order chi connectivity index (χ0) is 12.7. The van der Waals surface area contributed by atoms with Crippen molar-refractivity contribution in [1.82, 2.24) is 14.5 Å². The van der Waals surface area contributed by atoms with E-state index in [0.717, 1.165) is 23.5 Å². The van der Waals surface area contributed by atoms with E-state index in [1.54, 1.807) is 17.9 Å². The molecule has 0 spiro atoms. The number of carboxylic acid groups (broad SMARTS) is 1. The van der Waals surface area contributed by atoms with Crippen LogP contribution in [0.3, 0.4) is 0 Å². The van der Waals surface area contributed by atoms with Crippen LogP contribution >= 0.6 is 11.3 Å². The first kappa shape index (κ1) is 11.4. The molecule has 7 heteroatoms. The molecular formula is C11H12N4O2S. The molecule has 3 rings (SSSR count). The van der Waals surface area contributed by atoms with Gasteiger partial charge in [-0.05, 0) is 12.8 Å². The van der Waals surface area contributed by atoms with Crippen molar-refractivity contribution in [3.63, 3.8) is 0 Å². The molecule has 2 heterocycles. The Morgan fingerprint density at radius 2 is 2.39 bits per heavy atom. The fourth-order valence-electron chi connectivity index (χ4n) is 1.79. The van der Waals surface area contributed by atoms with Crippen molar-refractivity contribution in [2.75, 3.05) is 0 Å². The molecule has 0 saturated heterocycles. The van der Waals surface area contributed by atoms with Crippen LogP contribution in [0.5, 0.6) is 0 Å². The Morgan fingerprint density at radius 3 is 3.06 bits per heavy atom. The third kappa shape index (κ3) is 1.91. The molecule has 6 nitrogen and oxygen atoms in total. The van der Waals surface area contributed by atoms with Gasteiger partial charge >= 0.3 is 5.97 Å². The smallest absolute Gasteiger partial charge is 0.326 e. The van der Waals surface area contributed by atoms with E-state index in [4.69, 9.17) is 10.8 Å². The van der Waals surface area contributed by atoms with E-state index >= 15 is 0 Å². The number of hydrogen-bond donors (Lipinski definition) is 2. The highest BCUT2D eigenvalue weighted by atomic mass is 32.1. The van der Waals surface area contributed by atoms with Crippen LogP contribution in [-0.2, 0) is 4.79 Å². The predicted octanol–water partition coefficient (Wildman–Crippen LogP) is 1.43. The van der Waals surface area contributed by atoms with E-state index in [9.17, 15) is 4.79 Å². The Morgan fingerprint density at radius 1 is 1.61 bits per heavy atom. The van der Waals surface area contributed by atoms with Gasteiger partial charge in [-0.1, -0.05) is 0 Å². The summed E-state index contributed by atoms with van der Waals surface area (Å²) in [6, 6.07) is -0.546. The Hall–Kier alpha value is -1.73. The molecule has 18 heavy (non-hydrogen) atoms. The van der Waals surface area contributed by atoms with Gasteiger partial charge in [0, 0.05) is 11.4 Å². The molecule has 0 radical (unpaired) electrons. The van der Waals surface area contributed by atoms with Crippen molar-refractivity contribution in [2.24, 2.45) is 5.73 Å². The van der Waals surface area contributed by atoms with Gasteiger partial charge < -0.3 is 15.4 Å². The number of carbonyl (C=O) groups is 1. The van der Waals surface area contributed by atoms with E-state index in [2.05, 4.69) is 14.5 Å². The van der Waals surface area contributed by atoms with Crippen molar-refractivity contribution >= 4 is 17.3 Å². The maximum Gasteiger partial charge on any atom is 0.326 e. The number of aliphatic carboxylic acids is 1. The third-order valence-corrected chi connectivity index (χ3v) is 3.82. The van der Waals surface area contributed by atoms with Crippen LogP contribution in [0.25, 0.3) is 10.7 Å². The fourth-order valence-corrected chi connectivity index (χ4v) is 2.66. The number of rotatable bonds is 4. The first-order chi connectivity index (χ1) is 8.66. The SMILES string of the molecule is NC(C(=O)O)c1csc(-c2cncn2C2CC2)n1. The van der Waals surface area contributed by atoms with Gasteiger partial charge in [0.1, 0.15) is 11.0 Å². The molecule has 0 bridgehead atoms. The zero-order valence-electron chi connectivity index (χ0n) is 9.48. The van der Waals surface area contributed by atoms with Crippen LogP contribution in [0.2, 0.25) is 0 Å². The highest BCUT2D eigenvalue weighted by molar-refractivity contribution is 7.13. The van der Waals surface area contributed by atoms with Crippen LogP contribution in [-0.4, -0.2) is 25.6 Å². The van der Waals surface area contributed by atoms with E-state index in [-0.39, 0.29) is 0 Å². The van der Waals surface area contributed by atoms with Gasteiger partial charge in [-0.2, -0.15) is 0 Å². The molecule has 0 aliphatic heterocycles. The number of nitrogens with zero attached hydrogens (tertiary/aromatic N) is 3. The number of hydrogen-bond acceptors (Lipinski definition) is 5. The zero-order valence-corrected chi connectivity index (χ0v) is 10.3. The number of carboxylic acids is 1. The molecule has 1 fully saturated rings. The molecular weight excluding hydrogens is 252 g/mol. The van der Waals surface area contributed by atoms with Gasteiger partial charge in [0.05, 0.1) is 23.9 Å². The second-order valence-electron chi connectivity index (χ2n) is 4.31. The molecule has 1 aliphatic rings. The van der Waals surface area contributed by atoms with Crippen molar-refractivity contribution in [3.8, 4) is 10.7 Å². The first-order valence-electron chi connectivity index (χ1n) is 5.63. The normalized spacial score (nSPS) is 16.7. The minimum absolute atomic E-state index is 0.394. The number of thiazole rings is 1. The van der Waals surface area contributed by atoms with Crippen LogP contribution in [0.4, 0.5) is 0 Å². The highest BCUT2D eigenvalue weighted by Crippen LogP contribution is 2.38. The lowest BCUT2D eigenvalue weighted by Gasteiger charge is -2.03. The quantitative estimate of drug-likeness (QED) is 0.871.